The lowest BCUT2D eigenvalue weighted by atomic mass is 10.1. The fourth-order valence-electron chi connectivity index (χ4n) is 1.57. The summed E-state index contributed by atoms with van der Waals surface area (Å²) in [5.41, 5.74) is 0.840. The van der Waals surface area contributed by atoms with Crippen LogP contribution in [0.5, 0.6) is 0 Å². The topological polar surface area (TPSA) is 62.7 Å². The third-order valence-corrected chi connectivity index (χ3v) is 2.43. The first-order valence-corrected chi connectivity index (χ1v) is 6.39. The van der Waals surface area contributed by atoms with E-state index in [1.165, 1.54) is 12.1 Å². The van der Waals surface area contributed by atoms with Gasteiger partial charge in [0, 0.05) is 12.1 Å². The van der Waals surface area contributed by atoms with E-state index in [1.807, 2.05) is 20.8 Å². The molecule has 0 radical (unpaired) electrons. The van der Waals surface area contributed by atoms with Crippen LogP contribution in [0.2, 0.25) is 0 Å². The summed E-state index contributed by atoms with van der Waals surface area (Å²) in [6, 6.07) is 6.32. The van der Waals surface area contributed by atoms with Gasteiger partial charge in [-0.05, 0) is 38.5 Å². The first kappa shape index (κ1) is 14.2. The second-order valence-electron chi connectivity index (χ2n) is 5.52. The van der Waals surface area contributed by atoms with E-state index in [0.29, 0.717) is 18.3 Å². The van der Waals surface area contributed by atoms with Crippen molar-refractivity contribution in [1.82, 2.24) is 15.2 Å². The van der Waals surface area contributed by atoms with Gasteiger partial charge in [-0.1, -0.05) is 12.1 Å². The van der Waals surface area contributed by atoms with Gasteiger partial charge in [0.15, 0.2) is 5.82 Å². The Morgan fingerprint density at radius 2 is 1.85 bits per heavy atom. The average molecular weight is 275 g/mol. The van der Waals surface area contributed by atoms with E-state index in [2.05, 4.69) is 25.8 Å². The summed E-state index contributed by atoms with van der Waals surface area (Å²) in [4.78, 5) is 4.32. The molecule has 106 valence electrons. The van der Waals surface area contributed by atoms with E-state index >= 15 is 0 Å². The highest BCUT2D eigenvalue weighted by Crippen LogP contribution is 2.11. The highest BCUT2D eigenvalue weighted by atomic mass is 19.1. The highest BCUT2D eigenvalue weighted by Gasteiger charge is 2.11. The van der Waals surface area contributed by atoms with Gasteiger partial charge in [-0.2, -0.15) is 10.1 Å². The second kappa shape index (κ2) is 5.81. The number of hydrogen-bond donors (Lipinski definition) is 2. The predicted molar refractivity (Wildman–Crippen MR) is 76.9 cm³/mol. The van der Waals surface area contributed by atoms with Crippen LogP contribution in [0.3, 0.4) is 0 Å². The minimum Gasteiger partial charge on any atom is -0.365 e. The average Bonchev–Trinajstić information content (AvgIpc) is 2.36. The quantitative estimate of drug-likeness (QED) is 0.898. The molecule has 1 heterocycles. The van der Waals surface area contributed by atoms with Crippen molar-refractivity contribution in [1.29, 1.82) is 0 Å². The fraction of sp³-hybridized carbons (Fsp3) is 0.357. The Labute approximate surface area is 117 Å². The van der Waals surface area contributed by atoms with Crippen LogP contribution >= 0.6 is 0 Å². The van der Waals surface area contributed by atoms with Crippen molar-refractivity contribution in [2.24, 2.45) is 0 Å². The lowest BCUT2D eigenvalue weighted by Gasteiger charge is -2.20. The third kappa shape index (κ3) is 4.46. The molecule has 0 saturated heterocycles. The summed E-state index contributed by atoms with van der Waals surface area (Å²) in [5.74, 6) is 0.854. The molecular weight excluding hydrogens is 257 g/mol. The molecule has 0 bridgehead atoms. The smallest absolute Gasteiger partial charge is 0.245 e. The molecule has 0 fully saturated rings. The Balaban J connectivity index is 1.99. The third-order valence-electron chi connectivity index (χ3n) is 2.43. The van der Waals surface area contributed by atoms with Gasteiger partial charge in [0.2, 0.25) is 5.95 Å². The van der Waals surface area contributed by atoms with Crippen LogP contribution in [-0.2, 0) is 6.54 Å². The van der Waals surface area contributed by atoms with Crippen LogP contribution in [-0.4, -0.2) is 20.7 Å². The van der Waals surface area contributed by atoms with Crippen LogP contribution < -0.4 is 10.6 Å². The van der Waals surface area contributed by atoms with E-state index in [1.54, 1.807) is 18.3 Å². The molecule has 2 rings (SSSR count). The van der Waals surface area contributed by atoms with Gasteiger partial charge in [0.25, 0.3) is 0 Å². The minimum absolute atomic E-state index is 0.128. The van der Waals surface area contributed by atoms with Crippen LogP contribution in [0.4, 0.5) is 16.2 Å². The number of hydrogen-bond acceptors (Lipinski definition) is 5. The molecule has 0 aliphatic rings. The predicted octanol–water partition coefficient (Wildman–Crippen LogP) is 2.83. The summed E-state index contributed by atoms with van der Waals surface area (Å²) in [5, 5.41) is 14.1. The van der Waals surface area contributed by atoms with Gasteiger partial charge in [-0.25, -0.2) is 4.39 Å². The lowest BCUT2D eigenvalue weighted by molar-refractivity contribution is 0.623. The molecule has 0 saturated carbocycles. The summed E-state index contributed by atoms with van der Waals surface area (Å²) in [7, 11) is 0. The molecule has 0 aliphatic heterocycles. The normalized spacial score (nSPS) is 11.2. The minimum atomic E-state index is -0.242. The van der Waals surface area contributed by atoms with E-state index in [0.717, 1.165) is 5.56 Å². The Bertz CT molecular complexity index is 563. The molecule has 20 heavy (non-hydrogen) atoms. The number of benzene rings is 1. The van der Waals surface area contributed by atoms with Gasteiger partial charge in [0.05, 0.1) is 6.20 Å². The van der Waals surface area contributed by atoms with Gasteiger partial charge in [-0.3, -0.25) is 0 Å². The molecule has 0 spiro atoms. The van der Waals surface area contributed by atoms with Crippen molar-refractivity contribution in [2.45, 2.75) is 32.9 Å². The van der Waals surface area contributed by atoms with Crippen LogP contribution in [0.15, 0.2) is 30.5 Å². The Morgan fingerprint density at radius 3 is 2.50 bits per heavy atom. The first-order valence-electron chi connectivity index (χ1n) is 6.39. The Hall–Kier alpha value is -2.24. The number of anilines is 2. The highest BCUT2D eigenvalue weighted by molar-refractivity contribution is 5.38. The molecule has 1 aromatic heterocycles. The van der Waals surface area contributed by atoms with Gasteiger partial charge in [0.1, 0.15) is 5.82 Å². The van der Waals surface area contributed by atoms with Gasteiger partial charge >= 0.3 is 0 Å². The van der Waals surface area contributed by atoms with E-state index in [4.69, 9.17) is 0 Å². The standard InChI is InChI=1S/C14H18FN5/c1-14(2,3)19-13-18-12(9-17-20-13)16-8-10-4-6-11(15)7-5-10/h4-7,9H,8H2,1-3H3,(H2,16,18,19,20). The van der Waals surface area contributed by atoms with Crippen LogP contribution in [0.25, 0.3) is 0 Å². The van der Waals surface area contributed by atoms with Crippen molar-refractivity contribution in [3.05, 3.63) is 41.8 Å². The number of aromatic nitrogens is 3. The molecule has 0 amide bonds. The largest absolute Gasteiger partial charge is 0.365 e. The molecule has 2 aromatic rings. The fourth-order valence-corrected chi connectivity index (χ4v) is 1.57. The number of nitrogens with zero attached hydrogens (tertiary/aromatic N) is 3. The lowest BCUT2D eigenvalue weighted by Crippen LogP contribution is -2.27. The van der Waals surface area contributed by atoms with Gasteiger partial charge in [-0.15, -0.1) is 5.10 Å². The first-order chi connectivity index (χ1) is 9.42. The zero-order valence-corrected chi connectivity index (χ0v) is 11.8. The molecule has 5 nitrogen and oxygen atoms in total. The number of nitrogens with one attached hydrogen (secondary N) is 2. The molecule has 0 aliphatic carbocycles. The SMILES string of the molecule is CC(C)(C)Nc1nncc(NCc2ccc(F)cc2)n1. The van der Waals surface area contributed by atoms with E-state index in [9.17, 15) is 4.39 Å². The maximum Gasteiger partial charge on any atom is 0.245 e. The van der Waals surface area contributed by atoms with Crippen molar-refractivity contribution in [3.8, 4) is 0 Å². The molecule has 0 unspecified atom stereocenters. The molecule has 1 aromatic carbocycles. The maximum atomic E-state index is 12.8. The van der Waals surface area contributed by atoms with Crippen molar-refractivity contribution >= 4 is 11.8 Å². The van der Waals surface area contributed by atoms with Gasteiger partial charge < -0.3 is 10.6 Å². The Kier molecular flexibility index (Phi) is 4.12. The molecular formula is C14H18FN5. The summed E-state index contributed by atoms with van der Waals surface area (Å²) < 4.78 is 12.8. The monoisotopic (exact) mass is 275 g/mol. The maximum absolute atomic E-state index is 12.8. The summed E-state index contributed by atoms with van der Waals surface area (Å²) >= 11 is 0. The number of rotatable bonds is 4. The Morgan fingerprint density at radius 1 is 1.15 bits per heavy atom. The van der Waals surface area contributed by atoms with Crippen LogP contribution in [0.1, 0.15) is 26.3 Å². The summed E-state index contributed by atoms with van der Waals surface area (Å²) in [6.07, 6.45) is 1.55. The van der Waals surface area contributed by atoms with E-state index < -0.39 is 0 Å². The second-order valence-corrected chi connectivity index (χ2v) is 5.52. The molecule has 2 N–H and O–H groups in total. The van der Waals surface area contributed by atoms with Crippen molar-refractivity contribution in [3.63, 3.8) is 0 Å². The van der Waals surface area contributed by atoms with Crippen molar-refractivity contribution in [2.75, 3.05) is 10.6 Å². The van der Waals surface area contributed by atoms with Crippen LogP contribution in [0, 0.1) is 5.82 Å². The zero-order chi connectivity index (χ0) is 14.6. The molecule has 6 heteroatoms. The summed E-state index contributed by atoms with van der Waals surface area (Å²) in [6.45, 7) is 6.62. The zero-order valence-electron chi connectivity index (χ0n) is 11.8. The van der Waals surface area contributed by atoms with Crippen molar-refractivity contribution < 1.29 is 4.39 Å². The number of halogens is 1. The molecule has 0 atom stereocenters. The van der Waals surface area contributed by atoms with E-state index in [-0.39, 0.29) is 11.4 Å².